The van der Waals surface area contributed by atoms with Gasteiger partial charge in [-0.15, -0.1) is 0 Å². The molecule has 1 aliphatic heterocycles. The maximum Gasteiger partial charge on any atom is 0.418 e. The van der Waals surface area contributed by atoms with Crippen molar-refractivity contribution >= 4 is 38.2 Å². The first-order chi connectivity index (χ1) is 17.4. The van der Waals surface area contributed by atoms with Gasteiger partial charge in [-0.1, -0.05) is 24.3 Å². The van der Waals surface area contributed by atoms with E-state index in [1.165, 1.54) is 35.4 Å². The summed E-state index contributed by atoms with van der Waals surface area (Å²) >= 11 is 0. The lowest BCUT2D eigenvalue weighted by atomic mass is 9.91. The monoisotopic (exact) mass is 527 g/mol. The fourth-order valence-corrected chi connectivity index (χ4v) is 5.09. The Bertz CT molecular complexity index is 1670. The van der Waals surface area contributed by atoms with Gasteiger partial charge in [0.2, 0.25) is 10.0 Å². The number of benzene rings is 3. The van der Waals surface area contributed by atoms with Crippen LogP contribution < -0.4 is 9.62 Å². The van der Waals surface area contributed by atoms with Crippen LogP contribution >= 0.6 is 0 Å². The predicted molar refractivity (Wildman–Crippen MR) is 134 cm³/mol. The van der Waals surface area contributed by atoms with Crippen molar-refractivity contribution in [2.24, 2.45) is 0 Å². The number of rotatable bonds is 4. The zero-order chi connectivity index (χ0) is 26.5. The molecule has 7 nitrogen and oxygen atoms in total. The molecule has 0 radical (unpaired) electrons. The molecule has 37 heavy (non-hydrogen) atoms. The van der Waals surface area contributed by atoms with E-state index < -0.39 is 21.8 Å². The highest BCUT2D eigenvalue weighted by molar-refractivity contribution is 7.92. The second-order valence-electron chi connectivity index (χ2n) is 8.71. The molecule has 4 aromatic rings. The normalized spacial score (nSPS) is 14.1. The Morgan fingerprint density at radius 2 is 1.78 bits per heavy atom. The van der Waals surface area contributed by atoms with E-state index in [9.17, 15) is 31.5 Å². The van der Waals surface area contributed by atoms with Gasteiger partial charge >= 0.3 is 6.18 Å². The Labute approximate surface area is 210 Å². The van der Waals surface area contributed by atoms with Crippen LogP contribution in [-0.4, -0.2) is 37.2 Å². The topological polar surface area (TPSA) is 99.6 Å². The third-order valence-electron chi connectivity index (χ3n) is 6.16. The van der Waals surface area contributed by atoms with Crippen LogP contribution in [0, 0.1) is 0 Å². The van der Waals surface area contributed by atoms with Gasteiger partial charge in [0.15, 0.2) is 0 Å². The Hall–Kier alpha value is -4.12. The summed E-state index contributed by atoms with van der Waals surface area (Å²) in [5, 5.41) is 10.4. The number of sulfonamides is 1. The Morgan fingerprint density at radius 1 is 1.03 bits per heavy atom. The minimum absolute atomic E-state index is 0.0447. The number of amides is 1. The first kappa shape index (κ1) is 24.6. The highest BCUT2D eigenvalue weighted by atomic mass is 32.2. The van der Waals surface area contributed by atoms with Gasteiger partial charge in [0.25, 0.3) is 5.91 Å². The highest BCUT2D eigenvalue weighted by Gasteiger charge is 2.34. The summed E-state index contributed by atoms with van der Waals surface area (Å²) < 4.78 is 65.9. The van der Waals surface area contributed by atoms with Gasteiger partial charge in [-0.2, -0.15) is 13.2 Å². The van der Waals surface area contributed by atoms with Crippen LogP contribution in [0.15, 0.2) is 66.9 Å². The summed E-state index contributed by atoms with van der Waals surface area (Å²) in [7, 11) is -3.65. The third kappa shape index (κ3) is 4.69. The van der Waals surface area contributed by atoms with Gasteiger partial charge in [-0.05, 0) is 59.5 Å². The molecular weight excluding hydrogens is 507 g/mol. The maximum atomic E-state index is 13.5. The van der Waals surface area contributed by atoms with Crippen molar-refractivity contribution < 1.29 is 31.5 Å². The SMILES string of the molecule is CS(=O)(=O)Nc1cc(N2CCc3cc(-c4ccc(C(F)(F)F)c5ncccc45)ccc3C2=O)ccc1O. The molecule has 0 spiro atoms. The average Bonchev–Trinajstić information content (AvgIpc) is 2.83. The van der Waals surface area contributed by atoms with Crippen molar-refractivity contribution in [3.05, 3.63) is 83.6 Å². The van der Waals surface area contributed by atoms with Gasteiger partial charge in [0.1, 0.15) is 5.75 Å². The molecule has 5 rings (SSSR count). The predicted octanol–water partition coefficient (Wildman–Crippen LogP) is 5.20. The number of nitrogens with one attached hydrogen (secondary N) is 1. The van der Waals surface area contributed by atoms with Gasteiger partial charge in [0, 0.05) is 29.4 Å². The molecule has 0 saturated heterocycles. The van der Waals surface area contributed by atoms with E-state index in [2.05, 4.69) is 9.71 Å². The first-order valence-corrected chi connectivity index (χ1v) is 13.0. The third-order valence-corrected chi connectivity index (χ3v) is 6.75. The number of nitrogens with zero attached hydrogens (tertiary/aromatic N) is 2. The fourth-order valence-electron chi connectivity index (χ4n) is 4.53. The molecule has 0 atom stereocenters. The Kier molecular flexibility index (Phi) is 5.82. The molecule has 0 bridgehead atoms. The van der Waals surface area contributed by atoms with Gasteiger partial charge in [-0.3, -0.25) is 14.5 Å². The van der Waals surface area contributed by atoms with Crippen LogP contribution in [0.25, 0.3) is 22.0 Å². The Balaban J connectivity index is 1.51. The second-order valence-corrected chi connectivity index (χ2v) is 10.5. The number of hydrogen-bond acceptors (Lipinski definition) is 5. The van der Waals surface area contributed by atoms with Crippen molar-refractivity contribution in [1.29, 1.82) is 0 Å². The van der Waals surface area contributed by atoms with E-state index in [-0.39, 0.29) is 29.4 Å². The molecule has 1 amide bonds. The largest absolute Gasteiger partial charge is 0.506 e. The number of alkyl halides is 3. The van der Waals surface area contributed by atoms with E-state index in [0.717, 1.165) is 17.9 Å². The van der Waals surface area contributed by atoms with E-state index in [1.54, 1.807) is 30.3 Å². The smallest absolute Gasteiger partial charge is 0.418 e. The number of phenolic OH excluding ortho intramolecular Hbond substituents is 1. The number of aromatic nitrogens is 1. The molecule has 2 N–H and O–H groups in total. The highest BCUT2D eigenvalue weighted by Crippen LogP contribution is 2.39. The van der Waals surface area contributed by atoms with Crippen molar-refractivity contribution in [3.63, 3.8) is 0 Å². The lowest BCUT2D eigenvalue weighted by Gasteiger charge is -2.29. The zero-order valence-corrected chi connectivity index (χ0v) is 20.2. The summed E-state index contributed by atoms with van der Waals surface area (Å²) in [5.41, 5.74) is 1.81. The molecule has 3 aromatic carbocycles. The molecule has 190 valence electrons. The molecule has 2 heterocycles. The van der Waals surface area contributed by atoms with E-state index in [0.29, 0.717) is 34.2 Å². The van der Waals surface area contributed by atoms with Crippen molar-refractivity contribution in [2.45, 2.75) is 12.6 Å². The molecule has 0 fully saturated rings. The van der Waals surface area contributed by atoms with Gasteiger partial charge in [0.05, 0.1) is 23.0 Å². The lowest BCUT2D eigenvalue weighted by Crippen LogP contribution is -2.37. The molecule has 0 saturated carbocycles. The number of carbonyl (C=O) groups is 1. The number of carbonyl (C=O) groups excluding carboxylic acids is 1. The number of aromatic hydroxyl groups is 1. The van der Waals surface area contributed by atoms with Crippen LogP contribution in [0.4, 0.5) is 24.5 Å². The molecule has 1 aliphatic rings. The van der Waals surface area contributed by atoms with Crippen molar-refractivity contribution in [3.8, 4) is 16.9 Å². The van der Waals surface area contributed by atoms with Crippen LogP contribution in [0.2, 0.25) is 0 Å². The van der Waals surface area contributed by atoms with Crippen LogP contribution in [-0.2, 0) is 22.6 Å². The number of fused-ring (bicyclic) bond motifs is 2. The van der Waals surface area contributed by atoms with Gasteiger partial charge < -0.3 is 10.0 Å². The second kappa shape index (κ2) is 8.77. The lowest BCUT2D eigenvalue weighted by molar-refractivity contribution is -0.136. The van der Waals surface area contributed by atoms with Gasteiger partial charge in [-0.25, -0.2) is 8.42 Å². The standard InChI is InChI=1S/C26H20F3N3O4S/c1-37(35,36)31-22-14-17(5-9-23(22)33)32-12-10-16-13-15(4-6-19(16)25(32)34)18-7-8-21(26(27,28)29)24-20(18)3-2-11-30-24/h2-9,11,13-14,31,33H,10,12H2,1H3. The number of anilines is 2. The molecule has 11 heteroatoms. The average molecular weight is 528 g/mol. The Morgan fingerprint density at radius 3 is 2.51 bits per heavy atom. The summed E-state index contributed by atoms with van der Waals surface area (Å²) in [6, 6.07) is 14.9. The number of hydrogen-bond donors (Lipinski definition) is 2. The molecule has 0 unspecified atom stereocenters. The quantitative estimate of drug-likeness (QED) is 0.356. The van der Waals surface area contributed by atoms with Crippen LogP contribution in [0.1, 0.15) is 21.5 Å². The summed E-state index contributed by atoms with van der Waals surface area (Å²) in [6.07, 6.45) is -1.81. The number of halogens is 3. The summed E-state index contributed by atoms with van der Waals surface area (Å²) in [4.78, 5) is 18.8. The van der Waals surface area contributed by atoms with E-state index in [4.69, 9.17) is 0 Å². The molecule has 1 aromatic heterocycles. The summed E-state index contributed by atoms with van der Waals surface area (Å²) in [5.74, 6) is -0.593. The zero-order valence-electron chi connectivity index (χ0n) is 19.4. The van der Waals surface area contributed by atoms with Crippen molar-refractivity contribution in [2.75, 3.05) is 22.4 Å². The first-order valence-electron chi connectivity index (χ1n) is 11.1. The molecular formula is C26H20F3N3O4S. The number of phenols is 1. The minimum Gasteiger partial charge on any atom is -0.506 e. The van der Waals surface area contributed by atoms with E-state index >= 15 is 0 Å². The maximum absolute atomic E-state index is 13.5. The van der Waals surface area contributed by atoms with Crippen molar-refractivity contribution in [1.82, 2.24) is 4.98 Å². The fraction of sp³-hybridized carbons (Fsp3) is 0.154. The van der Waals surface area contributed by atoms with E-state index in [1.807, 2.05) is 0 Å². The number of pyridine rings is 1. The molecule has 0 aliphatic carbocycles. The van der Waals surface area contributed by atoms with Crippen LogP contribution in [0.5, 0.6) is 5.75 Å². The van der Waals surface area contributed by atoms with Crippen LogP contribution in [0.3, 0.4) is 0 Å². The minimum atomic E-state index is -4.54. The summed E-state index contributed by atoms with van der Waals surface area (Å²) in [6.45, 7) is 0.285.